The summed E-state index contributed by atoms with van der Waals surface area (Å²) in [5.41, 5.74) is 2.36. The maximum absolute atomic E-state index is 12.5. The van der Waals surface area contributed by atoms with Crippen LogP contribution in [-0.2, 0) is 14.8 Å². The van der Waals surface area contributed by atoms with Crippen molar-refractivity contribution in [2.24, 2.45) is 5.92 Å². The number of aryl methyl sites for hydroxylation is 1. The van der Waals surface area contributed by atoms with Crippen molar-refractivity contribution in [1.82, 2.24) is 14.3 Å². The van der Waals surface area contributed by atoms with Crippen LogP contribution in [0, 0.1) is 12.8 Å². The van der Waals surface area contributed by atoms with E-state index in [2.05, 4.69) is 20.6 Å². The third kappa shape index (κ3) is 5.67. The molecule has 3 rings (SSSR count). The Morgan fingerprint density at radius 2 is 1.70 bits per heavy atom. The van der Waals surface area contributed by atoms with Crippen LogP contribution in [0.4, 0.5) is 23.1 Å². The van der Waals surface area contributed by atoms with Gasteiger partial charge in [0.25, 0.3) is 0 Å². The number of amides is 1. The Hall–Kier alpha value is -2.72. The molecule has 0 aliphatic carbocycles. The number of nitrogens with one attached hydrogen (secondary N) is 2. The van der Waals surface area contributed by atoms with Gasteiger partial charge in [0, 0.05) is 56.2 Å². The fraction of sp³-hybridized carbons (Fsp3) is 0.450. The van der Waals surface area contributed by atoms with Gasteiger partial charge in [-0.1, -0.05) is 0 Å². The third-order valence-electron chi connectivity index (χ3n) is 5.00. The molecule has 10 heteroatoms. The van der Waals surface area contributed by atoms with Gasteiger partial charge in [-0.25, -0.2) is 17.7 Å². The van der Waals surface area contributed by atoms with Crippen molar-refractivity contribution < 1.29 is 13.2 Å². The molecule has 1 aromatic heterocycles. The van der Waals surface area contributed by atoms with Gasteiger partial charge in [0.15, 0.2) is 0 Å². The van der Waals surface area contributed by atoms with E-state index in [9.17, 15) is 13.2 Å². The number of hydrogen-bond acceptors (Lipinski definition) is 7. The summed E-state index contributed by atoms with van der Waals surface area (Å²) in [4.78, 5) is 23.3. The molecule has 0 saturated carbocycles. The van der Waals surface area contributed by atoms with E-state index in [1.165, 1.54) is 10.6 Å². The van der Waals surface area contributed by atoms with E-state index in [0.717, 1.165) is 17.2 Å². The first-order valence-corrected chi connectivity index (χ1v) is 11.6. The number of piperidine rings is 1. The summed E-state index contributed by atoms with van der Waals surface area (Å²) >= 11 is 0. The second-order valence-electron chi connectivity index (χ2n) is 7.71. The number of aromatic nitrogens is 2. The summed E-state index contributed by atoms with van der Waals surface area (Å²) in [6.45, 7) is 2.68. The van der Waals surface area contributed by atoms with Crippen LogP contribution in [0.25, 0.3) is 0 Å². The molecule has 1 amide bonds. The smallest absolute Gasteiger partial charge is 0.229 e. The molecule has 1 fully saturated rings. The number of hydrogen-bond donors (Lipinski definition) is 2. The largest absolute Gasteiger partial charge is 0.363 e. The van der Waals surface area contributed by atoms with Crippen LogP contribution in [0.5, 0.6) is 0 Å². The Labute approximate surface area is 177 Å². The molecule has 9 nitrogen and oxygen atoms in total. The SMILES string of the molecule is Cc1cc(N(C)C)nc(Nc2ccc(NC(=O)C3CCN(S(C)(=O)=O)CC3)cc2)n1. The lowest BCUT2D eigenvalue weighted by Gasteiger charge is -2.29. The van der Waals surface area contributed by atoms with E-state index in [-0.39, 0.29) is 11.8 Å². The van der Waals surface area contributed by atoms with Crippen molar-refractivity contribution in [2.75, 3.05) is 49.0 Å². The highest BCUT2D eigenvalue weighted by atomic mass is 32.2. The van der Waals surface area contributed by atoms with Gasteiger partial charge in [0.2, 0.25) is 21.9 Å². The molecule has 1 aromatic carbocycles. The van der Waals surface area contributed by atoms with Crippen LogP contribution in [0.15, 0.2) is 30.3 Å². The molecule has 30 heavy (non-hydrogen) atoms. The summed E-state index contributed by atoms with van der Waals surface area (Å²) in [7, 11) is 0.656. The number of anilines is 4. The molecule has 162 valence electrons. The van der Waals surface area contributed by atoms with Crippen molar-refractivity contribution >= 4 is 39.1 Å². The summed E-state index contributed by atoms with van der Waals surface area (Å²) < 4.78 is 24.6. The minimum atomic E-state index is -3.19. The minimum Gasteiger partial charge on any atom is -0.363 e. The van der Waals surface area contributed by atoms with E-state index in [0.29, 0.717) is 37.6 Å². The van der Waals surface area contributed by atoms with Crippen molar-refractivity contribution in [2.45, 2.75) is 19.8 Å². The fourth-order valence-corrected chi connectivity index (χ4v) is 4.17. The number of carbonyl (C=O) groups is 1. The molecule has 1 saturated heterocycles. The summed E-state index contributed by atoms with van der Waals surface area (Å²) in [6.07, 6.45) is 2.25. The molecule has 0 radical (unpaired) electrons. The zero-order valence-electron chi connectivity index (χ0n) is 17.7. The topological polar surface area (TPSA) is 108 Å². The Kier molecular flexibility index (Phi) is 6.57. The predicted molar refractivity (Wildman–Crippen MR) is 119 cm³/mol. The molecule has 0 atom stereocenters. The van der Waals surface area contributed by atoms with Gasteiger partial charge in [-0.05, 0) is 44.0 Å². The average molecular weight is 433 g/mol. The van der Waals surface area contributed by atoms with Crippen LogP contribution >= 0.6 is 0 Å². The monoisotopic (exact) mass is 432 g/mol. The summed E-state index contributed by atoms with van der Waals surface area (Å²) in [5, 5.41) is 6.10. The van der Waals surface area contributed by atoms with Gasteiger partial charge in [-0.3, -0.25) is 4.79 Å². The van der Waals surface area contributed by atoms with Crippen LogP contribution in [0.2, 0.25) is 0 Å². The van der Waals surface area contributed by atoms with E-state index >= 15 is 0 Å². The Morgan fingerprint density at radius 1 is 1.10 bits per heavy atom. The molecule has 0 unspecified atom stereocenters. The standard InChI is InChI=1S/C20H28N6O3S/c1-14-13-18(25(2)3)24-20(21-14)23-17-7-5-16(6-8-17)22-19(27)15-9-11-26(12-10-15)30(4,28)29/h5-8,13,15H,9-12H2,1-4H3,(H,22,27)(H,21,23,24). The second kappa shape index (κ2) is 8.97. The quantitative estimate of drug-likeness (QED) is 0.720. The van der Waals surface area contributed by atoms with Crippen molar-refractivity contribution in [3.05, 3.63) is 36.0 Å². The maximum atomic E-state index is 12.5. The second-order valence-corrected chi connectivity index (χ2v) is 9.70. The van der Waals surface area contributed by atoms with E-state index in [1.54, 1.807) is 0 Å². The highest BCUT2D eigenvalue weighted by Gasteiger charge is 2.28. The van der Waals surface area contributed by atoms with Gasteiger partial charge < -0.3 is 15.5 Å². The van der Waals surface area contributed by atoms with E-state index < -0.39 is 10.0 Å². The van der Waals surface area contributed by atoms with Crippen LogP contribution in [-0.4, -0.2) is 62.0 Å². The Morgan fingerprint density at radius 3 is 2.27 bits per heavy atom. The molecule has 0 spiro atoms. The molecule has 2 heterocycles. The molecule has 2 aromatic rings. The van der Waals surface area contributed by atoms with Gasteiger partial charge in [-0.2, -0.15) is 4.98 Å². The first-order valence-electron chi connectivity index (χ1n) is 9.78. The highest BCUT2D eigenvalue weighted by molar-refractivity contribution is 7.88. The zero-order chi connectivity index (χ0) is 21.9. The molecule has 0 bridgehead atoms. The summed E-state index contributed by atoms with van der Waals surface area (Å²) in [5.74, 6) is 1.05. The van der Waals surface area contributed by atoms with Crippen molar-refractivity contribution in [3.63, 3.8) is 0 Å². The number of benzene rings is 1. The van der Waals surface area contributed by atoms with Crippen LogP contribution in [0.1, 0.15) is 18.5 Å². The lowest BCUT2D eigenvalue weighted by atomic mass is 9.97. The molecule has 1 aliphatic rings. The van der Waals surface area contributed by atoms with Gasteiger partial charge in [-0.15, -0.1) is 0 Å². The zero-order valence-corrected chi connectivity index (χ0v) is 18.5. The predicted octanol–water partition coefficient (Wildman–Crippen LogP) is 2.20. The maximum Gasteiger partial charge on any atom is 0.229 e. The summed E-state index contributed by atoms with van der Waals surface area (Å²) in [6, 6.07) is 9.24. The molecule has 1 aliphatic heterocycles. The number of sulfonamides is 1. The van der Waals surface area contributed by atoms with E-state index in [4.69, 9.17) is 0 Å². The number of carbonyl (C=O) groups excluding carboxylic acids is 1. The normalized spacial score (nSPS) is 15.6. The van der Waals surface area contributed by atoms with Crippen molar-refractivity contribution in [1.29, 1.82) is 0 Å². The lowest BCUT2D eigenvalue weighted by Crippen LogP contribution is -2.40. The van der Waals surface area contributed by atoms with Gasteiger partial charge in [0.05, 0.1) is 6.26 Å². The van der Waals surface area contributed by atoms with Crippen LogP contribution < -0.4 is 15.5 Å². The van der Waals surface area contributed by atoms with Gasteiger partial charge >= 0.3 is 0 Å². The number of nitrogens with zero attached hydrogens (tertiary/aromatic N) is 4. The highest BCUT2D eigenvalue weighted by Crippen LogP contribution is 2.23. The lowest BCUT2D eigenvalue weighted by molar-refractivity contribution is -0.120. The molecular weight excluding hydrogens is 404 g/mol. The van der Waals surface area contributed by atoms with Gasteiger partial charge in [0.1, 0.15) is 5.82 Å². The van der Waals surface area contributed by atoms with Crippen molar-refractivity contribution in [3.8, 4) is 0 Å². The number of rotatable bonds is 6. The van der Waals surface area contributed by atoms with Crippen LogP contribution in [0.3, 0.4) is 0 Å². The Bertz CT molecular complexity index is 1000. The average Bonchev–Trinajstić information content (AvgIpc) is 2.68. The molecular formula is C20H28N6O3S. The fourth-order valence-electron chi connectivity index (χ4n) is 3.30. The third-order valence-corrected chi connectivity index (χ3v) is 6.30. The van der Waals surface area contributed by atoms with E-state index in [1.807, 2.05) is 56.3 Å². The molecule has 2 N–H and O–H groups in total. The first-order chi connectivity index (χ1) is 14.1. The minimum absolute atomic E-state index is 0.0819. The Balaban J connectivity index is 1.58. The first kappa shape index (κ1) is 22.0.